The van der Waals surface area contributed by atoms with Crippen LogP contribution in [-0.2, 0) is 0 Å². The van der Waals surface area contributed by atoms with Crippen LogP contribution in [0.2, 0.25) is 0 Å². The normalized spacial score (nSPS) is 20.7. The third-order valence-corrected chi connectivity index (χ3v) is 3.41. The summed E-state index contributed by atoms with van der Waals surface area (Å²) < 4.78 is 2.05. The molecule has 1 atom stereocenters. The molecule has 16 heavy (non-hydrogen) atoms. The first-order chi connectivity index (χ1) is 7.75. The van der Waals surface area contributed by atoms with E-state index in [0.717, 1.165) is 18.7 Å². The fourth-order valence-corrected chi connectivity index (χ4v) is 2.53. The zero-order chi connectivity index (χ0) is 11.1. The number of H-pyrrole nitrogens is 1. The minimum atomic E-state index is 0.0531. The molecule has 0 spiro atoms. The summed E-state index contributed by atoms with van der Waals surface area (Å²) in [6.45, 7) is 4.21. The molecule has 4 nitrogen and oxygen atoms in total. The largest absolute Gasteiger partial charge is 0.343 e. The quantitative estimate of drug-likeness (QED) is 0.749. The van der Waals surface area contributed by atoms with Crippen molar-refractivity contribution < 1.29 is 0 Å². The van der Waals surface area contributed by atoms with E-state index in [-0.39, 0.29) is 5.43 Å². The van der Waals surface area contributed by atoms with Gasteiger partial charge < -0.3 is 14.7 Å². The van der Waals surface area contributed by atoms with E-state index in [1.54, 1.807) is 12.1 Å². The van der Waals surface area contributed by atoms with E-state index in [1.165, 1.54) is 17.8 Å². The highest BCUT2D eigenvalue weighted by atomic mass is 16.1. The van der Waals surface area contributed by atoms with Crippen molar-refractivity contribution in [1.29, 1.82) is 0 Å². The van der Waals surface area contributed by atoms with E-state index in [1.807, 2.05) is 6.20 Å². The Morgan fingerprint density at radius 3 is 3.12 bits per heavy atom. The second-order valence-corrected chi connectivity index (χ2v) is 4.43. The van der Waals surface area contributed by atoms with Gasteiger partial charge in [-0.2, -0.15) is 0 Å². The summed E-state index contributed by atoms with van der Waals surface area (Å²) in [5.41, 5.74) is 3.42. The highest BCUT2D eigenvalue weighted by Gasteiger charge is 2.21. The number of nitrogens with zero attached hydrogens (tertiary/aromatic N) is 1. The van der Waals surface area contributed by atoms with E-state index in [9.17, 15) is 4.79 Å². The van der Waals surface area contributed by atoms with Crippen LogP contribution in [0.3, 0.4) is 0 Å². The molecule has 2 N–H and O–H groups in total. The molecule has 2 aromatic heterocycles. The van der Waals surface area contributed by atoms with Gasteiger partial charge in [0.1, 0.15) is 5.65 Å². The molecule has 1 aliphatic heterocycles. The van der Waals surface area contributed by atoms with Gasteiger partial charge in [-0.3, -0.25) is 4.79 Å². The number of imidazole rings is 1. The average Bonchev–Trinajstić information content (AvgIpc) is 2.86. The first kappa shape index (κ1) is 9.66. The lowest BCUT2D eigenvalue weighted by Gasteiger charge is -2.06. The summed E-state index contributed by atoms with van der Waals surface area (Å²) in [6.07, 6.45) is 3.01. The third kappa shape index (κ3) is 1.38. The van der Waals surface area contributed by atoms with Crippen molar-refractivity contribution in [3.05, 3.63) is 39.9 Å². The standard InChI is InChI=1S/C12H15N3O/c1-8-12(9-2-4-13-7-9)14-11-6-10(16)3-5-15(8)11/h3,5-6,9,13-14H,2,4,7H2,1H3. The molecular weight excluding hydrogens is 202 g/mol. The number of aryl methyl sites for hydroxylation is 1. The van der Waals surface area contributed by atoms with Gasteiger partial charge in [-0.1, -0.05) is 0 Å². The van der Waals surface area contributed by atoms with Crippen LogP contribution >= 0.6 is 0 Å². The maximum Gasteiger partial charge on any atom is 0.183 e. The summed E-state index contributed by atoms with van der Waals surface area (Å²) in [7, 11) is 0. The van der Waals surface area contributed by atoms with Crippen molar-refractivity contribution in [2.75, 3.05) is 13.1 Å². The Bertz CT molecular complexity index is 575. The molecule has 1 fully saturated rings. The number of aromatic nitrogens is 2. The van der Waals surface area contributed by atoms with Gasteiger partial charge in [0.2, 0.25) is 0 Å². The number of aromatic amines is 1. The van der Waals surface area contributed by atoms with Crippen molar-refractivity contribution in [1.82, 2.24) is 14.7 Å². The van der Waals surface area contributed by atoms with Gasteiger partial charge in [0.25, 0.3) is 0 Å². The molecule has 0 bridgehead atoms. The Morgan fingerprint density at radius 1 is 1.50 bits per heavy atom. The highest BCUT2D eigenvalue weighted by molar-refractivity contribution is 5.43. The second kappa shape index (κ2) is 3.49. The van der Waals surface area contributed by atoms with Crippen LogP contribution in [0.15, 0.2) is 23.1 Å². The second-order valence-electron chi connectivity index (χ2n) is 4.43. The Balaban J connectivity index is 2.18. The van der Waals surface area contributed by atoms with Crippen molar-refractivity contribution in [2.24, 2.45) is 0 Å². The van der Waals surface area contributed by atoms with E-state index < -0.39 is 0 Å². The molecule has 1 unspecified atom stereocenters. The summed E-state index contributed by atoms with van der Waals surface area (Å²) in [4.78, 5) is 14.6. The van der Waals surface area contributed by atoms with Crippen LogP contribution in [0.25, 0.3) is 5.65 Å². The molecule has 0 radical (unpaired) electrons. The van der Waals surface area contributed by atoms with Gasteiger partial charge in [0.15, 0.2) is 5.43 Å². The molecule has 0 aliphatic carbocycles. The lowest BCUT2D eigenvalue weighted by Crippen LogP contribution is -2.08. The van der Waals surface area contributed by atoms with E-state index in [4.69, 9.17) is 0 Å². The number of hydrogen-bond acceptors (Lipinski definition) is 2. The van der Waals surface area contributed by atoms with Crippen molar-refractivity contribution in [2.45, 2.75) is 19.3 Å². The number of pyridine rings is 1. The monoisotopic (exact) mass is 217 g/mol. The van der Waals surface area contributed by atoms with Crippen LogP contribution in [0.1, 0.15) is 23.7 Å². The maximum absolute atomic E-state index is 11.3. The number of nitrogens with one attached hydrogen (secondary N) is 2. The zero-order valence-electron chi connectivity index (χ0n) is 9.29. The summed E-state index contributed by atoms with van der Waals surface area (Å²) >= 11 is 0. The van der Waals surface area contributed by atoms with Gasteiger partial charge in [-0.05, 0) is 19.9 Å². The summed E-state index contributed by atoms with van der Waals surface area (Å²) in [5, 5.41) is 3.36. The third-order valence-electron chi connectivity index (χ3n) is 3.41. The Morgan fingerprint density at radius 2 is 2.38 bits per heavy atom. The van der Waals surface area contributed by atoms with E-state index in [2.05, 4.69) is 21.6 Å². The van der Waals surface area contributed by atoms with E-state index in [0.29, 0.717) is 5.92 Å². The van der Waals surface area contributed by atoms with Gasteiger partial charge in [0.05, 0.1) is 0 Å². The molecular formula is C12H15N3O. The lowest BCUT2D eigenvalue weighted by atomic mass is 10.0. The predicted molar refractivity (Wildman–Crippen MR) is 63.0 cm³/mol. The van der Waals surface area contributed by atoms with Crippen molar-refractivity contribution >= 4 is 5.65 Å². The van der Waals surface area contributed by atoms with Crippen molar-refractivity contribution in [3.63, 3.8) is 0 Å². The smallest absolute Gasteiger partial charge is 0.183 e. The predicted octanol–water partition coefficient (Wildman–Crippen LogP) is 1.01. The van der Waals surface area contributed by atoms with Crippen LogP contribution < -0.4 is 10.7 Å². The Kier molecular flexibility index (Phi) is 2.11. The molecule has 2 aromatic rings. The average molecular weight is 217 g/mol. The minimum Gasteiger partial charge on any atom is -0.343 e. The van der Waals surface area contributed by atoms with Crippen molar-refractivity contribution in [3.8, 4) is 0 Å². The van der Waals surface area contributed by atoms with Crippen LogP contribution in [0.4, 0.5) is 0 Å². The zero-order valence-corrected chi connectivity index (χ0v) is 9.29. The fraction of sp³-hybridized carbons (Fsp3) is 0.417. The fourth-order valence-electron chi connectivity index (χ4n) is 2.53. The van der Waals surface area contributed by atoms with Gasteiger partial charge in [-0.15, -0.1) is 0 Å². The topological polar surface area (TPSA) is 49.3 Å². The Hall–Kier alpha value is -1.55. The molecule has 1 aliphatic rings. The molecule has 0 amide bonds. The van der Waals surface area contributed by atoms with Crippen LogP contribution in [0.5, 0.6) is 0 Å². The van der Waals surface area contributed by atoms with Gasteiger partial charge in [0, 0.05) is 42.2 Å². The highest BCUT2D eigenvalue weighted by Crippen LogP contribution is 2.24. The molecule has 0 aromatic carbocycles. The number of fused-ring (bicyclic) bond motifs is 1. The van der Waals surface area contributed by atoms with Gasteiger partial charge in [-0.25, -0.2) is 0 Å². The SMILES string of the molecule is Cc1c(C2CCNC2)[nH]c2cc(=O)ccn12. The van der Waals surface area contributed by atoms with Crippen LogP contribution in [0, 0.1) is 6.92 Å². The lowest BCUT2D eigenvalue weighted by molar-refractivity contribution is 0.734. The molecule has 84 valence electrons. The number of hydrogen-bond donors (Lipinski definition) is 2. The maximum atomic E-state index is 11.3. The molecule has 1 saturated heterocycles. The molecule has 4 heteroatoms. The first-order valence-corrected chi connectivity index (χ1v) is 5.67. The minimum absolute atomic E-state index is 0.0531. The summed E-state index contributed by atoms with van der Waals surface area (Å²) in [5.74, 6) is 0.551. The number of rotatable bonds is 1. The van der Waals surface area contributed by atoms with Gasteiger partial charge >= 0.3 is 0 Å². The Labute approximate surface area is 93.3 Å². The summed E-state index contributed by atoms with van der Waals surface area (Å²) in [6, 6.07) is 3.25. The molecule has 3 rings (SSSR count). The molecule has 0 saturated carbocycles. The van der Waals surface area contributed by atoms with E-state index >= 15 is 0 Å². The molecule has 3 heterocycles. The van der Waals surface area contributed by atoms with Crippen LogP contribution in [-0.4, -0.2) is 22.5 Å². The first-order valence-electron chi connectivity index (χ1n) is 5.67.